The molecule has 2 rings (SSSR count). The highest BCUT2D eigenvalue weighted by atomic mass is 79.9. The Kier molecular flexibility index (Phi) is 5.26. The fourth-order valence-corrected chi connectivity index (χ4v) is 2.19. The van der Waals surface area contributed by atoms with Crippen molar-refractivity contribution in [2.45, 2.75) is 0 Å². The Balaban J connectivity index is 2.03. The van der Waals surface area contributed by atoms with Crippen molar-refractivity contribution in [2.75, 3.05) is 0 Å². The third kappa shape index (κ3) is 3.85. The SMILES string of the molecule is O=C(N/N=C\c1cc(Br)c(Br)o1)c1ccc(Cl)c(Cl)c1. The Morgan fingerprint density at radius 1 is 1.25 bits per heavy atom. The van der Waals surface area contributed by atoms with Gasteiger partial charge in [0.15, 0.2) is 4.67 Å². The van der Waals surface area contributed by atoms with Crippen LogP contribution in [0.4, 0.5) is 0 Å². The summed E-state index contributed by atoms with van der Waals surface area (Å²) in [5.41, 5.74) is 2.72. The molecular weight excluding hydrogens is 435 g/mol. The minimum atomic E-state index is -0.399. The summed E-state index contributed by atoms with van der Waals surface area (Å²) in [6.07, 6.45) is 1.38. The van der Waals surface area contributed by atoms with Gasteiger partial charge in [-0.25, -0.2) is 5.43 Å². The van der Waals surface area contributed by atoms with E-state index >= 15 is 0 Å². The van der Waals surface area contributed by atoms with E-state index in [0.717, 1.165) is 4.47 Å². The fraction of sp³-hybridized carbons (Fsp3) is 0. The summed E-state index contributed by atoms with van der Waals surface area (Å²) in [6, 6.07) is 6.27. The topological polar surface area (TPSA) is 54.6 Å². The van der Waals surface area contributed by atoms with Gasteiger partial charge in [0.25, 0.3) is 5.91 Å². The van der Waals surface area contributed by atoms with Gasteiger partial charge in [-0.2, -0.15) is 5.10 Å². The third-order valence-corrected chi connectivity index (χ3v) is 4.65. The number of amides is 1. The normalized spacial score (nSPS) is 11.0. The van der Waals surface area contributed by atoms with E-state index in [1.807, 2.05) is 0 Å². The van der Waals surface area contributed by atoms with E-state index in [9.17, 15) is 4.79 Å². The largest absolute Gasteiger partial charge is 0.447 e. The van der Waals surface area contributed by atoms with Crippen LogP contribution in [-0.4, -0.2) is 12.1 Å². The standard InChI is InChI=1S/C12H6Br2Cl2N2O2/c13-8-4-7(20-11(8)14)5-17-18-12(19)6-1-2-9(15)10(16)3-6/h1-5H,(H,18,19)/b17-5-. The van der Waals surface area contributed by atoms with Crippen molar-refractivity contribution in [3.63, 3.8) is 0 Å². The van der Waals surface area contributed by atoms with Crippen LogP contribution in [0.2, 0.25) is 10.0 Å². The maximum atomic E-state index is 11.8. The second-order valence-corrected chi connectivity index (χ2v) is 5.99. The van der Waals surface area contributed by atoms with Gasteiger partial charge >= 0.3 is 0 Å². The summed E-state index contributed by atoms with van der Waals surface area (Å²) in [4.78, 5) is 11.8. The molecule has 0 atom stereocenters. The first-order valence-corrected chi connectivity index (χ1v) is 7.55. The van der Waals surface area contributed by atoms with Crippen molar-refractivity contribution in [1.82, 2.24) is 5.43 Å². The first kappa shape index (κ1) is 15.6. The molecule has 0 aliphatic heterocycles. The molecule has 4 nitrogen and oxygen atoms in total. The molecule has 0 spiro atoms. The number of carbonyl (C=O) groups excluding carboxylic acids is 1. The van der Waals surface area contributed by atoms with E-state index in [-0.39, 0.29) is 0 Å². The predicted octanol–water partition coefficient (Wildman–Crippen LogP) is 4.88. The Morgan fingerprint density at radius 3 is 2.60 bits per heavy atom. The molecule has 1 aromatic heterocycles. The van der Waals surface area contributed by atoms with Crippen molar-refractivity contribution in [3.05, 3.63) is 54.8 Å². The number of hydrogen-bond acceptors (Lipinski definition) is 3. The van der Waals surface area contributed by atoms with Crippen molar-refractivity contribution in [2.24, 2.45) is 5.10 Å². The summed E-state index contributed by atoms with van der Waals surface area (Å²) in [7, 11) is 0. The molecule has 0 radical (unpaired) electrons. The summed E-state index contributed by atoms with van der Waals surface area (Å²) < 4.78 is 6.58. The highest BCUT2D eigenvalue weighted by Gasteiger charge is 2.07. The van der Waals surface area contributed by atoms with Crippen LogP contribution in [-0.2, 0) is 0 Å². The molecule has 0 aliphatic rings. The number of carbonyl (C=O) groups is 1. The number of hydrogen-bond donors (Lipinski definition) is 1. The molecule has 1 aromatic carbocycles. The minimum Gasteiger partial charge on any atom is -0.447 e. The molecule has 8 heteroatoms. The molecule has 104 valence electrons. The second kappa shape index (κ2) is 6.76. The first-order valence-electron chi connectivity index (χ1n) is 5.20. The molecule has 0 bridgehead atoms. The van der Waals surface area contributed by atoms with Gasteiger partial charge in [-0.1, -0.05) is 23.2 Å². The van der Waals surface area contributed by atoms with Gasteiger partial charge in [0.2, 0.25) is 0 Å². The summed E-state index contributed by atoms with van der Waals surface area (Å²) in [5, 5.41) is 4.48. The van der Waals surface area contributed by atoms with Crippen LogP contribution >= 0.6 is 55.1 Å². The summed E-state index contributed by atoms with van der Waals surface area (Å²) in [6.45, 7) is 0. The average Bonchev–Trinajstić information content (AvgIpc) is 2.72. The van der Waals surface area contributed by atoms with Crippen LogP contribution in [0, 0.1) is 0 Å². The second-order valence-electron chi connectivity index (χ2n) is 3.60. The molecule has 0 unspecified atom stereocenters. The maximum Gasteiger partial charge on any atom is 0.271 e. The monoisotopic (exact) mass is 438 g/mol. The molecule has 0 saturated heterocycles. The van der Waals surface area contributed by atoms with Gasteiger partial charge in [0, 0.05) is 11.6 Å². The van der Waals surface area contributed by atoms with Gasteiger partial charge in [0.05, 0.1) is 20.7 Å². The Hall–Kier alpha value is -0.820. The van der Waals surface area contributed by atoms with E-state index in [0.29, 0.717) is 26.0 Å². The molecule has 0 fully saturated rings. The van der Waals surface area contributed by atoms with E-state index in [4.69, 9.17) is 27.6 Å². The highest BCUT2D eigenvalue weighted by molar-refractivity contribution is 9.13. The summed E-state index contributed by atoms with van der Waals surface area (Å²) in [5.74, 6) is 0.0858. The molecule has 0 aliphatic carbocycles. The van der Waals surface area contributed by atoms with Crippen LogP contribution in [0.25, 0.3) is 0 Å². The van der Waals surface area contributed by atoms with Crippen molar-refractivity contribution >= 4 is 67.2 Å². The lowest BCUT2D eigenvalue weighted by molar-refractivity contribution is 0.0955. The number of furan rings is 1. The lowest BCUT2D eigenvalue weighted by atomic mass is 10.2. The Morgan fingerprint density at radius 2 is 2.00 bits per heavy atom. The maximum absolute atomic E-state index is 11.8. The minimum absolute atomic E-state index is 0.308. The molecule has 20 heavy (non-hydrogen) atoms. The van der Waals surface area contributed by atoms with Crippen LogP contribution in [0.5, 0.6) is 0 Å². The average molecular weight is 441 g/mol. The van der Waals surface area contributed by atoms with Crippen LogP contribution in [0.3, 0.4) is 0 Å². The first-order chi connectivity index (χ1) is 9.47. The number of nitrogens with one attached hydrogen (secondary N) is 1. The molecular formula is C12H6Br2Cl2N2O2. The van der Waals surface area contributed by atoms with Crippen LogP contribution < -0.4 is 5.43 Å². The molecule has 1 heterocycles. The number of rotatable bonds is 3. The predicted molar refractivity (Wildman–Crippen MR) is 85.6 cm³/mol. The van der Waals surface area contributed by atoms with Gasteiger partial charge in [-0.3, -0.25) is 4.79 Å². The Bertz CT molecular complexity index is 667. The lowest BCUT2D eigenvalue weighted by Gasteiger charge is -2.01. The Labute approximate surface area is 141 Å². The number of benzene rings is 1. The molecule has 0 saturated carbocycles. The van der Waals surface area contributed by atoms with Gasteiger partial charge in [-0.05, 0) is 50.1 Å². The van der Waals surface area contributed by atoms with E-state index in [1.54, 1.807) is 18.2 Å². The lowest BCUT2D eigenvalue weighted by Crippen LogP contribution is -2.17. The van der Waals surface area contributed by atoms with Gasteiger partial charge < -0.3 is 4.42 Å². The van der Waals surface area contributed by atoms with E-state index in [2.05, 4.69) is 42.4 Å². The third-order valence-electron chi connectivity index (χ3n) is 2.20. The zero-order valence-corrected chi connectivity index (χ0v) is 14.3. The van der Waals surface area contributed by atoms with Crippen molar-refractivity contribution in [3.8, 4) is 0 Å². The van der Waals surface area contributed by atoms with Crippen LogP contribution in [0.15, 0.2) is 42.9 Å². The smallest absolute Gasteiger partial charge is 0.271 e. The van der Waals surface area contributed by atoms with Gasteiger partial charge in [0.1, 0.15) is 5.76 Å². The van der Waals surface area contributed by atoms with Crippen molar-refractivity contribution < 1.29 is 9.21 Å². The molecule has 1 amide bonds. The molecule has 2 aromatic rings. The fourth-order valence-electron chi connectivity index (χ4n) is 1.28. The summed E-state index contributed by atoms with van der Waals surface area (Å²) >= 11 is 18.1. The molecule has 1 N–H and O–H groups in total. The van der Waals surface area contributed by atoms with Gasteiger partial charge in [-0.15, -0.1) is 0 Å². The highest BCUT2D eigenvalue weighted by Crippen LogP contribution is 2.25. The quantitative estimate of drug-likeness (QED) is 0.546. The van der Waals surface area contributed by atoms with E-state index in [1.165, 1.54) is 12.3 Å². The number of hydrazone groups is 1. The van der Waals surface area contributed by atoms with Crippen LogP contribution in [0.1, 0.15) is 16.1 Å². The zero-order valence-electron chi connectivity index (χ0n) is 9.66. The number of nitrogens with zero attached hydrogens (tertiary/aromatic N) is 1. The number of halogens is 4. The zero-order chi connectivity index (χ0) is 14.7. The van der Waals surface area contributed by atoms with E-state index < -0.39 is 5.91 Å². The van der Waals surface area contributed by atoms with Crippen molar-refractivity contribution in [1.29, 1.82) is 0 Å².